The zero-order chi connectivity index (χ0) is 10.5. The van der Waals surface area contributed by atoms with Gasteiger partial charge in [-0.05, 0) is 31.8 Å². The molecule has 2 fully saturated rings. The fourth-order valence-corrected chi connectivity index (χ4v) is 2.43. The zero-order valence-electron chi connectivity index (χ0n) is 9.87. The standard InChI is InChI=1S/C12H24N2O/c1-2-11-9-14(10-11)7-8-15-12-3-5-13-6-4-12/h11-13H,2-10H2,1H3. The van der Waals surface area contributed by atoms with Crippen LogP contribution in [0.3, 0.4) is 0 Å². The van der Waals surface area contributed by atoms with E-state index in [1.54, 1.807) is 0 Å². The molecule has 2 heterocycles. The summed E-state index contributed by atoms with van der Waals surface area (Å²) in [7, 11) is 0. The number of hydrogen-bond donors (Lipinski definition) is 1. The van der Waals surface area contributed by atoms with Crippen LogP contribution >= 0.6 is 0 Å². The van der Waals surface area contributed by atoms with Crippen molar-refractivity contribution in [1.29, 1.82) is 0 Å². The number of nitrogens with one attached hydrogen (secondary N) is 1. The molecule has 0 aliphatic carbocycles. The summed E-state index contributed by atoms with van der Waals surface area (Å²) in [5.41, 5.74) is 0. The first-order chi connectivity index (χ1) is 7.38. The minimum atomic E-state index is 0.523. The van der Waals surface area contributed by atoms with Crippen LogP contribution in [-0.4, -0.2) is 50.3 Å². The van der Waals surface area contributed by atoms with Gasteiger partial charge in [-0.25, -0.2) is 0 Å². The smallest absolute Gasteiger partial charge is 0.0600 e. The molecular weight excluding hydrogens is 188 g/mol. The highest BCUT2D eigenvalue weighted by Gasteiger charge is 2.24. The Labute approximate surface area is 93.2 Å². The van der Waals surface area contributed by atoms with Gasteiger partial charge >= 0.3 is 0 Å². The largest absolute Gasteiger partial charge is 0.377 e. The van der Waals surface area contributed by atoms with Crippen molar-refractivity contribution < 1.29 is 4.74 Å². The minimum absolute atomic E-state index is 0.523. The highest BCUT2D eigenvalue weighted by Crippen LogP contribution is 2.17. The normalized spacial score (nSPS) is 25.4. The molecule has 0 aromatic heterocycles. The molecule has 0 saturated carbocycles. The highest BCUT2D eigenvalue weighted by atomic mass is 16.5. The van der Waals surface area contributed by atoms with Crippen molar-refractivity contribution in [3.8, 4) is 0 Å². The molecule has 2 aliphatic heterocycles. The first-order valence-corrected chi connectivity index (χ1v) is 6.43. The van der Waals surface area contributed by atoms with Crippen LogP contribution in [0.25, 0.3) is 0 Å². The molecule has 0 aromatic carbocycles. The second-order valence-electron chi connectivity index (χ2n) is 4.85. The molecule has 2 saturated heterocycles. The SMILES string of the molecule is CCC1CN(CCOC2CCNCC2)C1. The third-order valence-electron chi connectivity index (χ3n) is 3.66. The van der Waals surface area contributed by atoms with E-state index in [4.69, 9.17) is 4.74 Å². The van der Waals surface area contributed by atoms with Gasteiger partial charge in [-0.3, -0.25) is 0 Å². The van der Waals surface area contributed by atoms with E-state index in [0.29, 0.717) is 6.10 Å². The van der Waals surface area contributed by atoms with Crippen molar-refractivity contribution in [1.82, 2.24) is 10.2 Å². The fraction of sp³-hybridized carbons (Fsp3) is 1.00. The maximum atomic E-state index is 5.88. The van der Waals surface area contributed by atoms with Crippen LogP contribution in [0.1, 0.15) is 26.2 Å². The van der Waals surface area contributed by atoms with Gasteiger partial charge in [-0.2, -0.15) is 0 Å². The predicted molar refractivity (Wildman–Crippen MR) is 62.1 cm³/mol. The van der Waals surface area contributed by atoms with Crippen LogP contribution in [0.2, 0.25) is 0 Å². The van der Waals surface area contributed by atoms with Crippen molar-refractivity contribution in [3.63, 3.8) is 0 Å². The number of rotatable bonds is 5. The van der Waals surface area contributed by atoms with Gasteiger partial charge in [0.25, 0.3) is 0 Å². The summed E-state index contributed by atoms with van der Waals surface area (Å²) in [4.78, 5) is 2.51. The molecule has 0 spiro atoms. The molecule has 1 N–H and O–H groups in total. The van der Waals surface area contributed by atoms with E-state index in [1.807, 2.05) is 0 Å². The Hall–Kier alpha value is -0.120. The molecule has 0 unspecified atom stereocenters. The van der Waals surface area contributed by atoms with Gasteiger partial charge in [0.1, 0.15) is 0 Å². The lowest BCUT2D eigenvalue weighted by atomic mass is 9.98. The monoisotopic (exact) mass is 212 g/mol. The molecular formula is C12H24N2O. The number of nitrogens with zero attached hydrogens (tertiary/aromatic N) is 1. The fourth-order valence-electron chi connectivity index (χ4n) is 2.43. The van der Waals surface area contributed by atoms with Gasteiger partial charge < -0.3 is 15.0 Å². The molecule has 0 radical (unpaired) electrons. The highest BCUT2D eigenvalue weighted by molar-refractivity contribution is 4.78. The second kappa shape index (κ2) is 5.83. The topological polar surface area (TPSA) is 24.5 Å². The molecule has 3 heteroatoms. The number of piperidine rings is 1. The maximum absolute atomic E-state index is 5.88. The van der Waals surface area contributed by atoms with E-state index in [1.165, 1.54) is 32.4 Å². The Balaban J connectivity index is 1.48. The van der Waals surface area contributed by atoms with Gasteiger partial charge in [0.15, 0.2) is 0 Å². The van der Waals surface area contributed by atoms with Gasteiger partial charge in [0, 0.05) is 19.6 Å². The van der Waals surface area contributed by atoms with Gasteiger partial charge in [-0.1, -0.05) is 13.3 Å². The van der Waals surface area contributed by atoms with Gasteiger partial charge in [-0.15, -0.1) is 0 Å². The van der Waals surface area contributed by atoms with Crippen molar-refractivity contribution >= 4 is 0 Å². The van der Waals surface area contributed by atoms with E-state index in [9.17, 15) is 0 Å². The molecule has 15 heavy (non-hydrogen) atoms. The van der Waals surface area contributed by atoms with Crippen molar-refractivity contribution in [2.24, 2.45) is 5.92 Å². The molecule has 3 nitrogen and oxygen atoms in total. The summed E-state index contributed by atoms with van der Waals surface area (Å²) in [6, 6.07) is 0. The summed E-state index contributed by atoms with van der Waals surface area (Å²) in [5.74, 6) is 0.962. The van der Waals surface area contributed by atoms with Crippen LogP contribution in [0.15, 0.2) is 0 Å². The second-order valence-corrected chi connectivity index (χ2v) is 4.85. The van der Waals surface area contributed by atoms with Crippen LogP contribution in [0.4, 0.5) is 0 Å². The van der Waals surface area contributed by atoms with E-state index in [2.05, 4.69) is 17.1 Å². The Morgan fingerprint density at radius 2 is 2.00 bits per heavy atom. The average molecular weight is 212 g/mol. The van der Waals surface area contributed by atoms with Crippen LogP contribution in [0.5, 0.6) is 0 Å². The average Bonchev–Trinajstić information content (AvgIpc) is 2.23. The predicted octanol–water partition coefficient (Wildman–Crippen LogP) is 1.10. The summed E-state index contributed by atoms with van der Waals surface area (Å²) in [6.07, 6.45) is 4.25. The van der Waals surface area contributed by atoms with Crippen LogP contribution in [0, 0.1) is 5.92 Å². The Morgan fingerprint density at radius 1 is 1.27 bits per heavy atom. The summed E-state index contributed by atoms with van der Waals surface area (Å²) in [5, 5.41) is 3.36. The van der Waals surface area contributed by atoms with E-state index < -0.39 is 0 Å². The molecule has 0 amide bonds. The molecule has 0 aromatic rings. The third-order valence-corrected chi connectivity index (χ3v) is 3.66. The number of likely N-dealkylation sites (tertiary alicyclic amines) is 1. The first-order valence-electron chi connectivity index (χ1n) is 6.43. The van der Waals surface area contributed by atoms with E-state index in [-0.39, 0.29) is 0 Å². The molecule has 2 aliphatic rings. The lowest BCUT2D eigenvalue weighted by Crippen LogP contribution is -2.48. The van der Waals surface area contributed by atoms with Crippen LogP contribution in [-0.2, 0) is 4.74 Å². The van der Waals surface area contributed by atoms with Gasteiger partial charge in [0.2, 0.25) is 0 Å². The molecule has 0 bridgehead atoms. The molecule has 0 atom stereocenters. The summed E-state index contributed by atoms with van der Waals surface area (Å²) < 4.78 is 5.88. The lowest BCUT2D eigenvalue weighted by Gasteiger charge is -2.39. The molecule has 2 rings (SSSR count). The Bertz CT molecular complexity index is 174. The summed E-state index contributed by atoms with van der Waals surface area (Å²) >= 11 is 0. The van der Waals surface area contributed by atoms with Crippen molar-refractivity contribution in [3.05, 3.63) is 0 Å². The van der Waals surface area contributed by atoms with Crippen molar-refractivity contribution in [2.75, 3.05) is 39.3 Å². The number of ether oxygens (including phenoxy) is 1. The van der Waals surface area contributed by atoms with E-state index >= 15 is 0 Å². The third kappa shape index (κ3) is 3.44. The maximum Gasteiger partial charge on any atom is 0.0600 e. The number of hydrogen-bond acceptors (Lipinski definition) is 3. The lowest BCUT2D eigenvalue weighted by molar-refractivity contribution is -0.000984. The zero-order valence-corrected chi connectivity index (χ0v) is 9.87. The van der Waals surface area contributed by atoms with E-state index in [0.717, 1.165) is 32.2 Å². The minimum Gasteiger partial charge on any atom is -0.377 e. The Kier molecular flexibility index (Phi) is 4.42. The van der Waals surface area contributed by atoms with Crippen LogP contribution < -0.4 is 5.32 Å². The quantitative estimate of drug-likeness (QED) is 0.738. The summed E-state index contributed by atoms with van der Waals surface area (Å²) in [6.45, 7) is 9.21. The first kappa shape index (κ1) is 11.4. The molecule has 88 valence electrons. The Morgan fingerprint density at radius 3 is 2.67 bits per heavy atom. The van der Waals surface area contributed by atoms with Crippen molar-refractivity contribution in [2.45, 2.75) is 32.3 Å². The van der Waals surface area contributed by atoms with Gasteiger partial charge in [0.05, 0.1) is 12.7 Å².